The molecule has 7 nitrogen and oxygen atoms in total. The van der Waals surface area contributed by atoms with Gasteiger partial charge in [0.15, 0.2) is 16.4 Å². The molecule has 2 heterocycles. The third-order valence-corrected chi connectivity index (χ3v) is 5.52. The molecule has 0 unspecified atom stereocenters. The van der Waals surface area contributed by atoms with Gasteiger partial charge < -0.3 is 9.80 Å². The summed E-state index contributed by atoms with van der Waals surface area (Å²) in [4.78, 5) is 43.2. The second-order valence-electron chi connectivity index (χ2n) is 6.06. The summed E-state index contributed by atoms with van der Waals surface area (Å²) in [5.41, 5.74) is -2.07. The first-order chi connectivity index (χ1) is 10.1. The summed E-state index contributed by atoms with van der Waals surface area (Å²) in [7, 11) is 3.36. The molecule has 0 radical (unpaired) electrons. The maximum atomic E-state index is 12.7. The fourth-order valence-electron chi connectivity index (χ4n) is 3.55. The van der Waals surface area contributed by atoms with Gasteiger partial charge in [-0.15, -0.1) is 0 Å². The largest absolute Gasteiger partial charge is 0.330 e. The van der Waals surface area contributed by atoms with E-state index in [9.17, 15) is 14.4 Å². The molecule has 0 spiro atoms. The minimum absolute atomic E-state index is 0.244. The summed E-state index contributed by atoms with van der Waals surface area (Å²) in [6.07, 6.45) is 0.868. The van der Waals surface area contributed by atoms with Gasteiger partial charge in [0.25, 0.3) is 0 Å². The Balaban J connectivity index is 2.69. The Morgan fingerprint density at radius 2 is 1.64 bits per heavy atom. The molecule has 0 bridgehead atoms. The van der Waals surface area contributed by atoms with Crippen molar-refractivity contribution in [2.75, 3.05) is 14.1 Å². The van der Waals surface area contributed by atoms with Crippen molar-refractivity contribution in [1.29, 1.82) is 0 Å². The molecule has 2 aliphatic heterocycles. The number of hydrogen-bond donors (Lipinski definition) is 0. The number of rotatable bonds is 2. The SMILES string of the molecule is CCCC(=O)N1C(=O)N(C)[C@]2(C)N(C)C(=S)N(C(C)=O)[C@]12C. The van der Waals surface area contributed by atoms with E-state index in [1.54, 1.807) is 25.9 Å². The zero-order chi connectivity index (χ0) is 17.0. The number of urea groups is 1. The first kappa shape index (κ1) is 16.7. The lowest BCUT2D eigenvalue weighted by Crippen LogP contribution is -2.65. The summed E-state index contributed by atoms with van der Waals surface area (Å²) in [6.45, 7) is 6.80. The summed E-state index contributed by atoms with van der Waals surface area (Å²) >= 11 is 5.39. The topological polar surface area (TPSA) is 64.2 Å². The van der Waals surface area contributed by atoms with Crippen LogP contribution >= 0.6 is 12.2 Å². The number of fused-ring (bicyclic) bond motifs is 1. The predicted molar refractivity (Wildman–Crippen MR) is 84.6 cm³/mol. The number of likely N-dealkylation sites (N-methyl/N-ethyl adjacent to an activating group) is 2. The lowest BCUT2D eigenvalue weighted by molar-refractivity contribution is -0.145. The molecule has 2 fully saturated rings. The average Bonchev–Trinajstić information content (AvgIpc) is 2.67. The standard InChI is InChI=1S/C14H22N4O3S/c1-7-8-10(20)18-11(21)15(5)13(3)14(18,4)17(9(2)19)12(22)16(13)6/h7-8H2,1-6H3/t13-,14-/m1/s1. The number of imide groups is 1. The van der Waals surface area contributed by atoms with Gasteiger partial charge in [0.1, 0.15) is 0 Å². The highest BCUT2D eigenvalue weighted by Gasteiger charge is 2.73. The zero-order valence-corrected chi connectivity index (χ0v) is 14.7. The van der Waals surface area contributed by atoms with Gasteiger partial charge >= 0.3 is 6.03 Å². The summed E-state index contributed by atoms with van der Waals surface area (Å²) < 4.78 is 0. The number of hydrogen-bond acceptors (Lipinski definition) is 4. The van der Waals surface area contributed by atoms with Gasteiger partial charge in [-0.05, 0) is 32.5 Å². The van der Waals surface area contributed by atoms with Gasteiger partial charge in [0, 0.05) is 27.4 Å². The first-order valence-electron chi connectivity index (χ1n) is 7.26. The van der Waals surface area contributed by atoms with Crippen molar-refractivity contribution < 1.29 is 14.4 Å². The molecule has 2 atom stereocenters. The Labute approximate surface area is 135 Å². The molecular formula is C14H22N4O3S. The fraction of sp³-hybridized carbons (Fsp3) is 0.714. The zero-order valence-electron chi connectivity index (χ0n) is 13.8. The molecule has 122 valence electrons. The Bertz CT molecular complexity index is 580. The molecular weight excluding hydrogens is 304 g/mol. The van der Waals surface area contributed by atoms with E-state index >= 15 is 0 Å². The molecule has 0 aliphatic carbocycles. The van der Waals surface area contributed by atoms with Gasteiger partial charge in [-0.2, -0.15) is 0 Å². The summed E-state index contributed by atoms with van der Waals surface area (Å²) in [6, 6.07) is -0.413. The lowest BCUT2D eigenvalue weighted by Gasteiger charge is -2.43. The van der Waals surface area contributed by atoms with Crippen molar-refractivity contribution in [2.45, 2.75) is 51.9 Å². The molecule has 2 rings (SSSR count). The molecule has 2 aliphatic rings. The highest BCUT2D eigenvalue weighted by atomic mass is 32.1. The van der Waals surface area contributed by atoms with Gasteiger partial charge in [-0.25, -0.2) is 9.69 Å². The molecule has 22 heavy (non-hydrogen) atoms. The van der Waals surface area contributed by atoms with E-state index in [-0.39, 0.29) is 18.2 Å². The number of amides is 4. The van der Waals surface area contributed by atoms with E-state index in [2.05, 4.69) is 0 Å². The number of carbonyl (C=O) groups is 3. The van der Waals surface area contributed by atoms with E-state index in [0.29, 0.717) is 11.5 Å². The average molecular weight is 326 g/mol. The summed E-state index contributed by atoms with van der Waals surface area (Å²) in [5, 5.41) is 0.311. The molecule has 8 heteroatoms. The van der Waals surface area contributed by atoms with Crippen molar-refractivity contribution >= 4 is 35.2 Å². The van der Waals surface area contributed by atoms with Crippen LogP contribution in [0.25, 0.3) is 0 Å². The molecule has 0 N–H and O–H groups in total. The van der Waals surface area contributed by atoms with E-state index in [0.717, 1.165) is 0 Å². The van der Waals surface area contributed by atoms with Crippen LogP contribution < -0.4 is 0 Å². The van der Waals surface area contributed by atoms with E-state index < -0.39 is 17.4 Å². The molecule has 0 aromatic heterocycles. The second kappa shape index (κ2) is 4.91. The Hall–Kier alpha value is -1.70. The number of thiocarbonyl (C=S) groups is 1. The van der Waals surface area contributed by atoms with Gasteiger partial charge in [-0.3, -0.25) is 14.5 Å². The van der Waals surface area contributed by atoms with Crippen LogP contribution in [0, 0.1) is 0 Å². The van der Waals surface area contributed by atoms with Gasteiger partial charge in [0.2, 0.25) is 11.8 Å². The van der Waals surface area contributed by atoms with Crippen molar-refractivity contribution in [2.24, 2.45) is 0 Å². The second-order valence-corrected chi connectivity index (χ2v) is 6.42. The molecule has 0 aromatic carbocycles. The maximum absolute atomic E-state index is 12.7. The van der Waals surface area contributed by atoms with Crippen LogP contribution in [0.5, 0.6) is 0 Å². The normalized spacial score (nSPS) is 31.2. The monoisotopic (exact) mass is 326 g/mol. The van der Waals surface area contributed by atoms with Crippen LogP contribution in [-0.2, 0) is 9.59 Å². The van der Waals surface area contributed by atoms with Crippen molar-refractivity contribution in [3.8, 4) is 0 Å². The van der Waals surface area contributed by atoms with E-state index in [1.807, 2.05) is 13.8 Å². The molecule has 4 amide bonds. The van der Waals surface area contributed by atoms with Gasteiger partial charge in [-0.1, -0.05) is 6.92 Å². The highest BCUT2D eigenvalue weighted by molar-refractivity contribution is 7.80. The Morgan fingerprint density at radius 3 is 2.09 bits per heavy atom. The van der Waals surface area contributed by atoms with Crippen molar-refractivity contribution in [3.63, 3.8) is 0 Å². The third-order valence-electron chi connectivity index (χ3n) is 5.06. The lowest BCUT2D eigenvalue weighted by atomic mass is 9.95. The fourth-order valence-corrected chi connectivity index (χ4v) is 4.03. The van der Waals surface area contributed by atoms with Crippen LogP contribution in [-0.4, -0.2) is 68.0 Å². The third kappa shape index (κ3) is 1.61. The van der Waals surface area contributed by atoms with E-state index in [4.69, 9.17) is 12.2 Å². The Kier molecular flexibility index (Phi) is 3.72. The quantitative estimate of drug-likeness (QED) is 0.713. The van der Waals surface area contributed by atoms with Gasteiger partial charge in [0.05, 0.1) is 0 Å². The highest BCUT2D eigenvalue weighted by Crippen LogP contribution is 2.50. The number of nitrogens with zero attached hydrogens (tertiary/aromatic N) is 4. The molecule has 0 saturated carbocycles. The van der Waals surface area contributed by atoms with Crippen LogP contribution in [0.15, 0.2) is 0 Å². The predicted octanol–water partition coefficient (Wildman–Crippen LogP) is 1.19. The van der Waals surface area contributed by atoms with Crippen molar-refractivity contribution in [3.05, 3.63) is 0 Å². The minimum atomic E-state index is -1.16. The number of carbonyl (C=O) groups excluding carboxylic acids is 3. The summed E-state index contributed by atoms with van der Waals surface area (Å²) in [5.74, 6) is -0.588. The van der Waals surface area contributed by atoms with Crippen molar-refractivity contribution in [1.82, 2.24) is 19.6 Å². The van der Waals surface area contributed by atoms with E-state index in [1.165, 1.54) is 21.6 Å². The first-order valence-corrected chi connectivity index (χ1v) is 7.67. The molecule has 2 saturated heterocycles. The smallest absolute Gasteiger partial charge is 0.325 e. The molecule has 0 aromatic rings. The van der Waals surface area contributed by atoms with Crippen LogP contribution in [0.4, 0.5) is 4.79 Å². The maximum Gasteiger partial charge on any atom is 0.330 e. The Morgan fingerprint density at radius 1 is 1.09 bits per heavy atom. The minimum Gasteiger partial charge on any atom is -0.325 e. The van der Waals surface area contributed by atoms with Crippen LogP contribution in [0.3, 0.4) is 0 Å². The van der Waals surface area contributed by atoms with Crippen LogP contribution in [0.1, 0.15) is 40.5 Å². The van der Waals surface area contributed by atoms with Crippen LogP contribution in [0.2, 0.25) is 0 Å².